The second-order valence-electron chi connectivity index (χ2n) is 3.55. The van der Waals surface area contributed by atoms with Crippen LogP contribution in [-0.2, 0) is 0 Å². The number of phenolic OH excluding ortho intramolecular Hbond substituents is 1. The lowest BCUT2D eigenvalue weighted by atomic mass is 10.2. The maximum Gasteiger partial charge on any atom is 0.122 e. The molecule has 1 aromatic carbocycles. The van der Waals surface area contributed by atoms with Crippen molar-refractivity contribution in [3.05, 3.63) is 58.7 Å². The summed E-state index contributed by atoms with van der Waals surface area (Å²) in [5.74, 6) is 0.184. The van der Waals surface area contributed by atoms with E-state index in [9.17, 15) is 5.11 Å². The summed E-state index contributed by atoms with van der Waals surface area (Å²) in [7, 11) is 0. The first-order chi connectivity index (χ1) is 8.15. The summed E-state index contributed by atoms with van der Waals surface area (Å²) >= 11 is 5.84. The van der Waals surface area contributed by atoms with Gasteiger partial charge in [0, 0.05) is 29.2 Å². The van der Waals surface area contributed by atoms with E-state index in [4.69, 9.17) is 17.0 Å². The maximum absolute atomic E-state index is 9.61. The third-order valence-electron chi connectivity index (χ3n) is 2.27. The van der Waals surface area contributed by atoms with Crippen molar-refractivity contribution in [1.29, 1.82) is 5.41 Å². The first-order valence-electron chi connectivity index (χ1n) is 5.04. The second kappa shape index (κ2) is 4.89. The third-order valence-corrected chi connectivity index (χ3v) is 2.50. The molecule has 0 saturated carbocycles. The van der Waals surface area contributed by atoms with Crippen LogP contribution in [0.3, 0.4) is 0 Å². The molecule has 0 saturated heterocycles. The van der Waals surface area contributed by atoms with Crippen molar-refractivity contribution in [3.8, 4) is 5.75 Å². The lowest BCUT2D eigenvalue weighted by Gasteiger charge is -2.01. The molecule has 0 unspecified atom stereocenters. The molecule has 0 amide bonds. The fraction of sp³-hybridized carbons (Fsp3) is 0. The van der Waals surface area contributed by atoms with Crippen molar-refractivity contribution in [2.45, 2.75) is 0 Å². The topological polar surface area (TPSA) is 49.0 Å². The standard InChI is InChI=1S/C13H11ClN2O/c14-11-1-2-13(17)10(9-11)3-6-16-7-4-12(15)5-8-16/h1-9,15,17H. The van der Waals surface area contributed by atoms with Crippen LogP contribution in [0.1, 0.15) is 5.56 Å². The molecule has 1 heterocycles. The molecular formula is C13H11ClN2O. The molecule has 0 aliphatic heterocycles. The van der Waals surface area contributed by atoms with Crippen LogP contribution in [-0.4, -0.2) is 9.67 Å². The van der Waals surface area contributed by atoms with Gasteiger partial charge in [0.05, 0.1) is 5.36 Å². The van der Waals surface area contributed by atoms with E-state index in [1.54, 1.807) is 59.6 Å². The summed E-state index contributed by atoms with van der Waals surface area (Å²) < 4.78 is 1.79. The van der Waals surface area contributed by atoms with Crippen LogP contribution in [0.4, 0.5) is 0 Å². The van der Waals surface area contributed by atoms with E-state index in [2.05, 4.69) is 0 Å². The SMILES string of the molecule is N=c1ccn(C=Cc2cc(Cl)ccc2O)cc1. The average Bonchev–Trinajstić information content (AvgIpc) is 2.32. The highest BCUT2D eigenvalue weighted by Crippen LogP contribution is 2.22. The number of aromatic nitrogens is 1. The molecule has 0 spiro atoms. The number of aromatic hydroxyl groups is 1. The van der Waals surface area contributed by atoms with Crippen molar-refractivity contribution in [3.63, 3.8) is 0 Å². The highest BCUT2D eigenvalue weighted by Gasteiger charge is 1.97. The van der Waals surface area contributed by atoms with Crippen LogP contribution in [0.15, 0.2) is 42.7 Å². The van der Waals surface area contributed by atoms with Crippen molar-refractivity contribution < 1.29 is 5.11 Å². The number of pyridine rings is 1. The predicted octanol–water partition coefficient (Wildman–Crippen LogP) is 2.95. The van der Waals surface area contributed by atoms with Crippen molar-refractivity contribution in [1.82, 2.24) is 4.57 Å². The van der Waals surface area contributed by atoms with Crippen molar-refractivity contribution >= 4 is 23.9 Å². The van der Waals surface area contributed by atoms with Gasteiger partial charge in [0.15, 0.2) is 0 Å². The molecule has 0 aliphatic rings. The minimum atomic E-state index is 0.184. The summed E-state index contributed by atoms with van der Waals surface area (Å²) in [6.07, 6.45) is 7.07. The van der Waals surface area contributed by atoms with Crippen LogP contribution in [0, 0.1) is 5.41 Å². The van der Waals surface area contributed by atoms with Crippen molar-refractivity contribution in [2.75, 3.05) is 0 Å². The molecule has 86 valence electrons. The van der Waals surface area contributed by atoms with Crippen LogP contribution >= 0.6 is 11.6 Å². The first kappa shape index (κ1) is 11.5. The number of hydrogen-bond acceptors (Lipinski definition) is 2. The van der Waals surface area contributed by atoms with E-state index in [1.165, 1.54) is 0 Å². The molecule has 0 bridgehead atoms. The van der Waals surface area contributed by atoms with E-state index >= 15 is 0 Å². The predicted molar refractivity (Wildman–Crippen MR) is 68.6 cm³/mol. The van der Waals surface area contributed by atoms with Gasteiger partial charge < -0.3 is 15.1 Å². The first-order valence-corrected chi connectivity index (χ1v) is 5.42. The minimum Gasteiger partial charge on any atom is -0.507 e. The lowest BCUT2D eigenvalue weighted by molar-refractivity contribution is 0.474. The summed E-state index contributed by atoms with van der Waals surface area (Å²) in [6.45, 7) is 0. The molecule has 0 fully saturated rings. The molecule has 0 aliphatic carbocycles. The minimum absolute atomic E-state index is 0.184. The van der Waals surface area contributed by atoms with E-state index in [-0.39, 0.29) is 5.75 Å². The normalized spacial score (nSPS) is 10.9. The number of nitrogens with zero attached hydrogens (tertiary/aromatic N) is 1. The van der Waals surface area contributed by atoms with E-state index in [0.717, 1.165) is 0 Å². The highest BCUT2D eigenvalue weighted by molar-refractivity contribution is 6.30. The number of nitrogens with one attached hydrogen (secondary N) is 1. The monoisotopic (exact) mass is 246 g/mol. The van der Waals surface area contributed by atoms with Gasteiger partial charge in [-0.1, -0.05) is 11.6 Å². The summed E-state index contributed by atoms with van der Waals surface area (Å²) in [6, 6.07) is 8.24. The Kier molecular flexibility index (Phi) is 3.30. The van der Waals surface area contributed by atoms with E-state index < -0.39 is 0 Å². The van der Waals surface area contributed by atoms with Gasteiger partial charge in [-0.25, -0.2) is 0 Å². The maximum atomic E-state index is 9.61. The Balaban J connectivity index is 2.28. The average molecular weight is 247 g/mol. The molecular weight excluding hydrogens is 236 g/mol. The second-order valence-corrected chi connectivity index (χ2v) is 3.99. The zero-order valence-electron chi connectivity index (χ0n) is 8.97. The largest absolute Gasteiger partial charge is 0.507 e. The number of halogens is 1. The van der Waals surface area contributed by atoms with Gasteiger partial charge in [0.1, 0.15) is 5.75 Å². The molecule has 2 rings (SSSR count). The summed E-state index contributed by atoms with van der Waals surface area (Å²) in [4.78, 5) is 0. The van der Waals surface area contributed by atoms with Gasteiger partial charge in [0.2, 0.25) is 0 Å². The third kappa shape index (κ3) is 2.98. The van der Waals surface area contributed by atoms with Gasteiger partial charge >= 0.3 is 0 Å². The zero-order valence-corrected chi connectivity index (χ0v) is 9.72. The molecule has 1 aromatic heterocycles. The number of phenols is 1. The van der Waals surface area contributed by atoms with Crippen LogP contribution in [0.25, 0.3) is 12.3 Å². The van der Waals surface area contributed by atoms with E-state index in [1.807, 2.05) is 0 Å². The molecule has 17 heavy (non-hydrogen) atoms. The Labute approximate surface area is 104 Å². The van der Waals surface area contributed by atoms with Crippen molar-refractivity contribution in [2.24, 2.45) is 0 Å². The van der Waals surface area contributed by atoms with Gasteiger partial charge in [0.25, 0.3) is 0 Å². The quantitative estimate of drug-likeness (QED) is 0.841. The van der Waals surface area contributed by atoms with Crippen LogP contribution < -0.4 is 5.36 Å². The molecule has 2 aromatic rings. The Morgan fingerprint density at radius 3 is 2.59 bits per heavy atom. The summed E-state index contributed by atoms with van der Waals surface area (Å²) in [5, 5.41) is 18.0. The molecule has 3 nitrogen and oxygen atoms in total. The Bertz CT molecular complexity index is 597. The fourth-order valence-corrected chi connectivity index (χ4v) is 1.54. The Hall–Kier alpha value is -2.00. The van der Waals surface area contributed by atoms with Gasteiger partial charge in [-0.15, -0.1) is 0 Å². The molecule has 4 heteroatoms. The number of hydrogen-bond donors (Lipinski definition) is 2. The van der Waals surface area contributed by atoms with Crippen LogP contribution in [0.2, 0.25) is 5.02 Å². The van der Waals surface area contributed by atoms with Crippen LogP contribution in [0.5, 0.6) is 5.75 Å². The van der Waals surface area contributed by atoms with E-state index in [0.29, 0.717) is 15.9 Å². The highest BCUT2D eigenvalue weighted by atomic mass is 35.5. The number of rotatable bonds is 2. The zero-order chi connectivity index (χ0) is 12.3. The molecule has 0 atom stereocenters. The summed E-state index contributed by atoms with van der Waals surface area (Å²) in [5.41, 5.74) is 0.653. The molecule has 0 radical (unpaired) electrons. The smallest absolute Gasteiger partial charge is 0.122 e. The van der Waals surface area contributed by atoms with Gasteiger partial charge in [-0.05, 0) is 36.4 Å². The fourth-order valence-electron chi connectivity index (χ4n) is 1.36. The van der Waals surface area contributed by atoms with Gasteiger partial charge in [-0.3, -0.25) is 0 Å². The number of benzene rings is 1. The van der Waals surface area contributed by atoms with Gasteiger partial charge in [-0.2, -0.15) is 0 Å². The Morgan fingerprint density at radius 2 is 1.88 bits per heavy atom. The molecule has 2 N–H and O–H groups in total. The Morgan fingerprint density at radius 1 is 1.18 bits per heavy atom. The lowest BCUT2D eigenvalue weighted by Crippen LogP contribution is -1.98.